The fourth-order valence-electron chi connectivity index (χ4n) is 0.990. The lowest BCUT2D eigenvalue weighted by molar-refractivity contribution is -0.135. The van der Waals surface area contributed by atoms with Gasteiger partial charge in [-0.2, -0.15) is 0 Å². The number of phenolic OH excluding ortho intramolecular Hbond substituents is 2. The minimum Gasteiger partial charge on any atom is -0.507 e. The Morgan fingerprint density at radius 2 is 1.86 bits per heavy atom. The largest absolute Gasteiger partial charge is 0.507 e. The molecule has 4 heteroatoms. The molecule has 0 saturated heterocycles. The average Bonchev–Trinajstić information content (AvgIpc) is 2.09. The number of carboxylic acid groups (broad SMARTS) is 1. The van der Waals surface area contributed by atoms with Crippen LogP contribution in [0.1, 0.15) is 12.0 Å². The molecule has 0 unspecified atom stereocenters. The first-order chi connectivity index (χ1) is 6.61. The molecule has 0 aromatic heterocycles. The van der Waals surface area contributed by atoms with Gasteiger partial charge in [0.1, 0.15) is 11.5 Å². The Morgan fingerprint density at radius 3 is 2.36 bits per heavy atom. The summed E-state index contributed by atoms with van der Waals surface area (Å²) in [5.74, 6) is -1.12. The van der Waals surface area contributed by atoms with Crippen molar-refractivity contribution >= 4 is 12.0 Å². The van der Waals surface area contributed by atoms with Gasteiger partial charge in [-0.05, 0) is 12.1 Å². The van der Waals surface area contributed by atoms with Gasteiger partial charge < -0.3 is 15.3 Å². The van der Waals surface area contributed by atoms with Crippen LogP contribution >= 0.6 is 0 Å². The quantitative estimate of drug-likeness (QED) is 0.682. The smallest absolute Gasteiger partial charge is 0.307 e. The zero-order valence-corrected chi connectivity index (χ0v) is 7.34. The van der Waals surface area contributed by atoms with Gasteiger partial charge in [0.25, 0.3) is 0 Å². The molecule has 3 N–H and O–H groups in total. The highest BCUT2D eigenvalue weighted by atomic mass is 16.4. The van der Waals surface area contributed by atoms with Gasteiger partial charge >= 0.3 is 5.97 Å². The number of hydrogen-bond donors (Lipinski definition) is 3. The van der Waals surface area contributed by atoms with Gasteiger partial charge in [-0.25, -0.2) is 0 Å². The summed E-state index contributed by atoms with van der Waals surface area (Å²) in [6.07, 6.45) is 2.59. The molecule has 14 heavy (non-hydrogen) atoms. The van der Waals surface area contributed by atoms with Crippen molar-refractivity contribution in [3.05, 3.63) is 29.8 Å². The maximum Gasteiger partial charge on any atom is 0.307 e. The highest BCUT2D eigenvalue weighted by Crippen LogP contribution is 2.27. The second-order valence-electron chi connectivity index (χ2n) is 2.71. The Balaban J connectivity index is 2.85. The predicted octanol–water partition coefficient (Wildman–Crippen LogP) is 1.59. The third-order valence-electron chi connectivity index (χ3n) is 1.64. The number of aromatic hydroxyl groups is 2. The number of phenols is 2. The van der Waals surface area contributed by atoms with Crippen LogP contribution in [0.5, 0.6) is 11.5 Å². The number of rotatable bonds is 3. The number of carboxylic acids is 1. The predicted molar refractivity (Wildman–Crippen MR) is 51.1 cm³/mol. The van der Waals surface area contributed by atoms with E-state index in [1.165, 1.54) is 30.4 Å². The summed E-state index contributed by atoms with van der Waals surface area (Å²) in [6, 6.07) is 4.33. The average molecular weight is 194 g/mol. The lowest BCUT2D eigenvalue weighted by Crippen LogP contribution is -1.89. The summed E-state index contributed by atoms with van der Waals surface area (Å²) < 4.78 is 0. The van der Waals surface area contributed by atoms with Crippen molar-refractivity contribution < 1.29 is 20.1 Å². The van der Waals surface area contributed by atoms with Crippen LogP contribution in [0.15, 0.2) is 24.3 Å². The van der Waals surface area contributed by atoms with Crippen molar-refractivity contribution in [2.24, 2.45) is 0 Å². The van der Waals surface area contributed by atoms with Crippen LogP contribution in [0, 0.1) is 0 Å². The topological polar surface area (TPSA) is 77.8 Å². The van der Waals surface area contributed by atoms with Gasteiger partial charge in [-0.3, -0.25) is 4.79 Å². The van der Waals surface area contributed by atoms with E-state index in [1.54, 1.807) is 0 Å². The summed E-state index contributed by atoms with van der Waals surface area (Å²) >= 11 is 0. The first kappa shape index (κ1) is 10.1. The molecule has 0 saturated carbocycles. The van der Waals surface area contributed by atoms with E-state index in [9.17, 15) is 15.0 Å². The van der Waals surface area contributed by atoms with Gasteiger partial charge in [0, 0.05) is 0 Å². The Bertz CT molecular complexity index is 348. The van der Waals surface area contributed by atoms with Gasteiger partial charge in [0.2, 0.25) is 0 Å². The lowest BCUT2D eigenvalue weighted by atomic mass is 10.1. The fraction of sp³-hybridized carbons (Fsp3) is 0.100. The van der Waals surface area contributed by atoms with E-state index in [4.69, 9.17) is 5.11 Å². The zero-order valence-electron chi connectivity index (χ0n) is 7.34. The summed E-state index contributed by atoms with van der Waals surface area (Å²) in [6.45, 7) is 0. The van der Waals surface area contributed by atoms with Crippen LogP contribution in [0.3, 0.4) is 0 Å². The molecule has 0 radical (unpaired) electrons. The molecule has 0 aliphatic rings. The SMILES string of the molecule is O=C(O)CC=Cc1c(O)cccc1O. The van der Waals surface area contributed by atoms with E-state index in [0.29, 0.717) is 0 Å². The van der Waals surface area contributed by atoms with Gasteiger partial charge in [-0.15, -0.1) is 0 Å². The summed E-state index contributed by atoms with van der Waals surface area (Å²) in [7, 11) is 0. The molecule has 0 fully saturated rings. The number of benzene rings is 1. The number of aliphatic carboxylic acids is 1. The first-order valence-corrected chi connectivity index (χ1v) is 4.00. The minimum atomic E-state index is -0.962. The standard InChI is InChI=1S/C10H10O4/c11-8-4-2-5-9(12)7(8)3-1-6-10(13)14/h1-5,11-12H,6H2,(H,13,14). The monoisotopic (exact) mass is 194 g/mol. The van der Waals surface area contributed by atoms with E-state index in [2.05, 4.69) is 0 Å². The highest BCUT2D eigenvalue weighted by molar-refractivity contribution is 5.72. The fourth-order valence-corrected chi connectivity index (χ4v) is 0.990. The molecule has 0 bridgehead atoms. The zero-order chi connectivity index (χ0) is 10.6. The molecule has 4 nitrogen and oxygen atoms in total. The van der Waals surface area contributed by atoms with Crippen LogP contribution in [-0.2, 0) is 4.79 Å². The summed E-state index contributed by atoms with van der Waals surface area (Å²) in [4.78, 5) is 10.2. The maximum absolute atomic E-state index is 10.2. The van der Waals surface area contributed by atoms with Crippen LogP contribution < -0.4 is 0 Å². The summed E-state index contributed by atoms with van der Waals surface area (Å²) in [5, 5.41) is 26.9. The Morgan fingerprint density at radius 1 is 1.29 bits per heavy atom. The number of hydrogen-bond acceptors (Lipinski definition) is 3. The molecule has 1 aromatic carbocycles. The Labute approximate surface area is 80.7 Å². The van der Waals surface area contributed by atoms with Crippen LogP contribution in [0.25, 0.3) is 6.08 Å². The lowest BCUT2D eigenvalue weighted by Gasteiger charge is -2.00. The van der Waals surface area contributed by atoms with E-state index in [0.717, 1.165) is 0 Å². The van der Waals surface area contributed by atoms with Gasteiger partial charge in [-0.1, -0.05) is 18.2 Å². The molecule has 0 aliphatic carbocycles. The molecule has 0 amide bonds. The van der Waals surface area contributed by atoms with Crippen LogP contribution in [-0.4, -0.2) is 21.3 Å². The van der Waals surface area contributed by atoms with Crippen molar-refractivity contribution in [3.63, 3.8) is 0 Å². The molecule has 0 aliphatic heterocycles. The number of carbonyl (C=O) groups is 1. The van der Waals surface area contributed by atoms with Gasteiger partial charge in [0.15, 0.2) is 0 Å². The molecule has 0 heterocycles. The normalized spacial score (nSPS) is 10.6. The van der Waals surface area contributed by atoms with E-state index in [-0.39, 0.29) is 23.5 Å². The van der Waals surface area contributed by atoms with E-state index in [1.807, 2.05) is 0 Å². The highest BCUT2D eigenvalue weighted by Gasteiger charge is 2.02. The second-order valence-corrected chi connectivity index (χ2v) is 2.71. The van der Waals surface area contributed by atoms with Gasteiger partial charge in [0.05, 0.1) is 12.0 Å². The van der Waals surface area contributed by atoms with Crippen LogP contribution in [0.2, 0.25) is 0 Å². The molecule has 1 rings (SSSR count). The van der Waals surface area contributed by atoms with Crippen LogP contribution in [0.4, 0.5) is 0 Å². The van der Waals surface area contributed by atoms with Crippen molar-refractivity contribution in [2.45, 2.75) is 6.42 Å². The molecule has 0 atom stereocenters. The third-order valence-corrected chi connectivity index (χ3v) is 1.64. The molecular weight excluding hydrogens is 184 g/mol. The Hall–Kier alpha value is -1.97. The van der Waals surface area contributed by atoms with Crippen molar-refractivity contribution in [1.82, 2.24) is 0 Å². The molecule has 0 spiro atoms. The van der Waals surface area contributed by atoms with Crippen molar-refractivity contribution in [1.29, 1.82) is 0 Å². The Kier molecular flexibility index (Phi) is 3.12. The summed E-state index contributed by atoms with van der Waals surface area (Å²) in [5.41, 5.74) is 0.230. The molecule has 1 aromatic rings. The van der Waals surface area contributed by atoms with E-state index >= 15 is 0 Å². The van der Waals surface area contributed by atoms with Crippen molar-refractivity contribution in [2.75, 3.05) is 0 Å². The second kappa shape index (κ2) is 4.32. The van der Waals surface area contributed by atoms with Crippen molar-refractivity contribution in [3.8, 4) is 11.5 Å². The third kappa shape index (κ3) is 2.52. The first-order valence-electron chi connectivity index (χ1n) is 4.00. The van der Waals surface area contributed by atoms with E-state index < -0.39 is 5.97 Å². The molecule has 74 valence electrons. The minimum absolute atomic E-state index is 0.0772. The maximum atomic E-state index is 10.2. The molecular formula is C10H10O4.